The van der Waals surface area contributed by atoms with Crippen molar-refractivity contribution in [3.63, 3.8) is 0 Å². The maximum Gasteiger partial charge on any atom is 0.244 e. The van der Waals surface area contributed by atoms with Crippen molar-refractivity contribution in [2.75, 3.05) is 0 Å². The molecule has 1 unspecified atom stereocenters. The van der Waals surface area contributed by atoms with Crippen molar-refractivity contribution in [1.29, 1.82) is 0 Å². The predicted molar refractivity (Wildman–Crippen MR) is 75.8 cm³/mol. The molecule has 20 heavy (non-hydrogen) atoms. The minimum Gasteiger partial charge on any atom is -0.465 e. The van der Waals surface area contributed by atoms with Gasteiger partial charge in [-0.3, -0.25) is 0 Å². The van der Waals surface area contributed by atoms with Crippen LogP contribution < -0.4 is 4.72 Å². The first kappa shape index (κ1) is 15.5. The molecule has 2 rings (SSSR count). The third-order valence-corrected chi connectivity index (χ3v) is 5.76. The fraction of sp³-hybridized carbons (Fsp3) is 0.714. The summed E-state index contributed by atoms with van der Waals surface area (Å²) in [4.78, 5) is 0.0993. The van der Waals surface area contributed by atoms with Crippen LogP contribution >= 0.6 is 0 Å². The molecule has 5 nitrogen and oxygen atoms in total. The van der Waals surface area contributed by atoms with E-state index in [0.29, 0.717) is 17.1 Å². The lowest BCUT2D eigenvalue weighted by Crippen LogP contribution is -2.34. The molecule has 1 fully saturated rings. The number of hydrogen-bond acceptors (Lipinski definition) is 4. The average Bonchev–Trinajstić information content (AvgIpc) is 2.77. The zero-order chi connectivity index (χ0) is 15.1. The van der Waals surface area contributed by atoms with Crippen LogP contribution in [0.15, 0.2) is 9.31 Å². The van der Waals surface area contributed by atoms with Gasteiger partial charge in [0, 0.05) is 11.6 Å². The van der Waals surface area contributed by atoms with E-state index in [1.54, 1.807) is 13.8 Å². The maximum absolute atomic E-state index is 12.5. The van der Waals surface area contributed by atoms with Crippen LogP contribution in [0.2, 0.25) is 0 Å². The molecule has 114 valence electrons. The molecule has 0 spiro atoms. The van der Waals surface area contributed by atoms with Crippen LogP contribution in [0, 0.1) is 19.3 Å². The summed E-state index contributed by atoms with van der Waals surface area (Å²) in [7, 11) is -3.65. The van der Waals surface area contributed by atoms with Crippen molar-refractivity contribution < 1.29 is 17.9 Å². The van der Waals surface area contributed by atoms with Gasteiger partial charge in [0.15, 0.2) is 0 Å². The standard InChI is InChI=1S/C14H23NO4S/c1-9-12(8-16)13(10(2)19-9)20(17,18)15-11-5-6-14(3,4)7-11/h11,15-16H,5-8H2,1-4H3. The summed E-state index contributed by atoms with van der Waals surface area (Å²) in [6.07, 6.45) is 2.68. The van der Waals surface area contributed by atoms with Crippen LogP contribution in [0.5, 0.6) is 0 Å². The molecule has 1 heterocycles. The monoisotopic (exact) mass is 301 g/mol. The van der Waals surface area contributed by atoms with Gasteiger partial charge in [-0.2, -0.15) is 0 Å². The van der Waals surface area contributed by atoms with Gasteiger partial charge in [-0.25, -0.2) is 13.1 Å². The lowest BCUT2D eigenvalue weighted by atomic mass is 9.92. The zero-order valence-corrected chi connectivity index (χ0v) is 13.3. The van der Waals surface area contributed by atoms with E-state index in [1.165, 1.54) is 0 Å². The van der Waals surface area contributed by atoms with E-state index in [0.717, 1.165) is 19.3 Å². The van der Waals surface area contributed by atoms with Gasteiger partial charge in [-0.1, -0.05) is 13.8 Å². The summed E-state index contributed by atoms with van der Waals surface area (Å²) < 4.78 is 33.2. The largest absolute Gasteiger partial charge is 0.465 e. The highest BCUT2D eigenvalue weighted by Gasteiger charge is 2.35. The molecule has 0 aromatic carbocycles. The second-order valence-corrected chi connectivity index (χ2v) is 8.06. The van der Waals surface area contributed by atoms with Crippen molar-refractivity contribution in [1.82, 2.24) is 4.72 Å². The summed E-state index contributed by atoms with van der Waals surface area (Å²) >= 11 is 0. The smallest absolute Gasteiger partial charge is 0.244 e. The Balaban J connectivity index is 2.28. The molecule has 0 aliphatic heterocycles. The summed E-state index contributed by atoms with van der Waals surface area (Å²) in [5.74, 6) is 0.786. The van der Waals surface area contributed by atoms with E-state index in [9.17, 15) is 13.5 Å². The number of aliphatic hydroxyl groups is 1. The molecular weight excluding hydrogens is 278 g/mol. The number of hydrogen-bond donors (Lipinski definition) is 2. The Morgan fingerprint density at radius 2 is 2.00 bits per heavy atom. The quantitative estimate of drug-likeness (QED) is 0.894. The molecule has 1 aliphatic carbocycles. The van der Waals surface area contributed by atoms with Gasteiger partial charge < -0.3 is 9.52 Å². The number of sulfonamides is 1. The first-order valence-electron chi connectivity index (χ1n) is 6.88. The van der Waals surface area contributed by atoms with Gasteiger partial charge in [0.25, 0.3) is 0 Å². The maximum atomic E-state index is 12.5. The van der Waals surface area contributed by atoms with Gasteiger partial charge in [-0.05, 0) is 38.5 Å². The minimum absolute atomic E-state index is 0.0452. The molecule has 6 heteroatoms. The van der Waals surface area contributed by atoms with E-state index in [-0.39, 0.29) is 23.0 Å². The van der Waals surface area contributed by atoms with Crippen LogP contribution in [0.3, 0.4) is 0 Å². The van der Waals surface area contributed by atoms with Gasteiger partial charge in [0.05, 0.1) is 6.61 Å². The SMILES string of the molecule is Cc1oc(C)c(S(=O)(=O)NC2CCC(C)(C)C2)c1CO. The second-order valence-electron chi connectivity index (χ2n) is 6.41. The van der Waals surface area contributed by atoms with Crippen molar-refractivity contribution in [3.8, 4) is 0 Å². The topological polar surface area (TPSA) is 79.5 Å². The average molecular weight is 301 g/mol. The summed E-state index contributed by atoms with van der Waals surface area (Å²) in [5, 5.41) is 9.37. The summed E-state index contributed by atoms with van der Waals surface area (Å²) in [5.41, 5.74) is 0.529. The third kappa shape index (κ3) is 2.92. The van der Waals surface area contributed by atoms with Gasteiger partial charge in [0.2, 0.25) is 10.0 Å². The Kier molecular flexibility index (Phi) is 4.01. The predicted octanol–water partition coefficient (Wildman–Crippen LogP) is 2.25. The Morgan fingerprint density at radius 3 is 2.50 bits per heavy atom. The number of rotatable bonds is 4. The lowest BCUT2D eigenvalue weighted by Gasteiger charge is -2.18. The molecule has 1 aromatic rings. The molecule has 0 saturated heterocycles. The third-order valence-electron chi connectivity index (χ3n) is 4.04. The lowest BCUT2D eigenvalue weighted by molar-refractivity contribution is 0.276. The highest BCUT2D eigenvalue weighted by molar-refractivity contribution is 7.89. The Labute approximate surface area is 120 Å². The van der Waals surface area contributed by atoms with E-state index in [4.69, 9.17) is 4.42 Å². The normalized spacial score (nSPS) is 22.4. The minimum atomic E-state index is -3.65. The van der Waals surface area contributed by atoms with Gasteiger partial charge in [-0.15, -0.1) is 0 Å². The number of aliphatic hydroxyl groups excluding tert-OH is 1. The van der Waals surface area contributed by atoms with Crippen LogP contribution in [0.4, 0.5) is 0 Å². The van der Waals surface area contributed by atoms with E-state index < -0.39 is 10.0 Å². The van der Waals surface area contributed by atoms with Gasteiger partial charge in [0.1, 0.15) is 16.4 Å². The fourth-order valence-electron chi connectivity index (χ4n) is 3.06. The molecular formula is C14H23NO4S. The van der Waals surface area contributed by atoms with Crippen molar-refractivity contribution in [3.05, 3.63) is 17.1 Å². The molecule has 1 aromatic heterocycles. The molecule has 0 bridgehead atoms. The molecule has 1 saturated carbocycles. The highest BCUT2D eigenvalue weighted by Crippen LogP contribution is 2.38. The van der Waals surface area contributed by atoms with E-state index in [2.05, 4.69) is 18.6 Å². The van der Waals surface area contributed by atoms with Crippen LogP contribution in [0.25, 0.3) is 0 Å². The number of aryl methyl sites for hydroxylation is 2. The highest BCUT2D eigenvalue weighted by atomic mass is 32.2. The molecule has 2 N–H and O–H groups in total. The number of furan rings is 1. The molecule has 1 aliphatic rings. The summed E-state index contributed by atoms with van der Waals surface area (Å²) in [6, 6.07) is -0.0452. The number of nitrogens with one attached hydrogen (secondary N) is 1. The molecule has 1 atom stereocenters. The Bertz CT molecular complexity index is 601. The van der Waals surface area contributed by atoms with Crippen LogP contribution in [0.1, 0.15) is 50.2 Å². The van der Waals surface area contributed by atoms with E-state index >= 15 is 0 Å². The van der Waals surface area contributed by atoms with Crippen molar-refractivity contribution >= 4 is 10.0 Å². The van der Waals surface area contributed by atoms with Crippen molar-refractivity contribution in [2.24, 2.45) is 5.41 Å². The second kappa shape index (κ2) is 5.16. The zero-order valence-electron chi connectivity index (χ0n) is 12.5. The van der Waals surface area contributed by atoms with Gasteiger partial charge >= 0.3 is 0 Å². The first-order valence-corrected chi connectivity index (χ1v) is 8.37. The summed E-state index contributed by atoms with van der Waals surface area (Å²) in [6.45, 7) is 7.23. The first-order chi connectivity index (χ1) is 9.16. The molecule has 0 radical (unpaired) electrons. The van der Waals surface area contributed by atoms with Crippen LogP contribution in [-0.4, -0.2) is 19.6 Å². The Hall–Kier alpha value is -0.850. The van der Waals surface area contributed by atoms with Crippen molar-refractivity contribution in [2.45, 2.75) is 64.5 Å². The van der Waals surface area contributed by atoms with Crippen LogP contribution in [-0.2, 0) is 16.6 Å². The fourth-order valence-corrected chi connectivity index (χ4v) is 4.77. The Morgan fingerprint density at radius 1 is 1.35 bits per heavy atom. The molecule has 0 amide bonds. The van der Waals surface area contributed by atoms with E-state index in [1.807, 2.05) is 0 Å².